The van der Waals surface area contributed by atoms with Crippen molar-refractivity contribution in [3.8, 4) is 0 Å². The second kappa shape index (κ2) is 12.4. The summed E-state index contributed by atoms with van der Waals surface area (Å²) in [5, 5.41) is 3.13. The molecule has 0 aromatic heterocycles. The minimum Gasteiger partial charge on any atom is -0.352 e. The number of amides is 2. The zero-order valence-electron chi connectivity index (χ0n) is 21.9. The maximum atomic E-state index is 13.8. The van der Waals surface area contributed by atoms with Gasteiger partial charge in [0.15, 0.2) is 0 Å². The average molecular weight is 514 g/mol. The van der Waals surface area contributed by atoms with E-state index >= 15 is 0 Å². The van der Waals surface area contributed by atoms with Crippen LogP contribution in [0.15, 0.2) is 48.5 Å². The molecule has 2 aromatic rings. The Balaban J connectivity index is 1.91. The Hall–Kier alpha value is -2.87. The van der Waals surface area contributed by atoms with Crippen molar-refractivity contribution in [2.24, 2.45) is 0 Å². The van der Waals surface area contributed by atoms with Gasteiger partial charge >= 0.3 is 0 Å². The predicted octanol–water partition coefficient (Wildman–Crippen LogP) is 4.19. The normalized spacial score (nSPS) is 14.9. The van der Waals surface area contributed by atoms with Crippen LogP contribution in [0.1, 0.15) is 62.6 Å². The van der Waals surface area contributed by atoms with E-state index in [1.165, 1.54) is 4.90 Å². The van der Waals surface area contributed by atoms with Gasteiger partial charge in [0, 0.05) is 12.6 Å². The van der Waals surface area contributed by atoms with Gasteiger partial charge in [-0.05, 0) is 55.9 Å². The van der Waals surface area contributed by atoms with E-state index in [9.17, 15) is 18.0 Å². The highest BCUT2D eigenvalue weighted by atomic mass is 32.2. The van der Waals surface area contributed by atoms with Gasteiger partial charge in [-0.2, -0.15) is 0 Å². The van der Waals surface area contributed by atoms with Gasteiger partial charge in [0.05, 0.1) is 11.9 Å². The molecule has 1 aliphatic rings. The first-order chi connectivity index (χ1) is 17.1. The minimum absolute atomic E-state index is 0.132. The van der Waals surface area contributed by atoms with E-state index in [1.54, 1.807) is 12.1 Å². The number of hydrogen-bond acceptors (Lipinski definition) is 4. The molecule has 0 radical (unpaired) electrons. The molecule has 196 valence electrons. The van der Waals surface area contributed by atoms with Gasteiger partial charge in [-0.1, -0.05) is 68.7 Å². The summed E-state index contributed by atoms with van der Waals surface area (Å²) in [5.41, 5.74) is 3.46. The van der Waals surface area contributed by atoms with Crippen LogP contribution in [0.5, 0.6) is 0 Å². The van der Waals surface area contributed by atoms with Crippen LogP contribution in [-0.2, 0) is 32.6 Å². The van der Waals surface area contributed by atoms with Crippen molar-refractivity contribution in [3.63, 3.8) is 0 Å². The maximum Gasteiger partial charge on any atom is 0.244 e. The zero-order chi connectivity index (χ0) is 26.3. The molecule has 36 heavy (non-hydrogen) atoms. The Morgan fingerprint density at radius 2 is 1.69 bits per heavy atom. The topological polar surface area (TPSA) is 86.8 Å². The molecule has 0 unspecified atom stereocenters. The van der Waals surface area contributed by atoms with Crippen LogP contribution >= 0.6 is 0 Å². The van der Waals surface area contributed by atoms with Crippen LogP contribution in [0.3, 0.4) is 0 Å². The van der Waals surface area contributed by atoms with Gasteiger partial charge in [-0.25, -0.2) is 8.42 Å². The number of rotatable bonds is 11. The highest BCUT2D eigenvalue weighted by Gasteiger charge is 2.33. The molecule has 2 amide bonds. The number of nitrogens with zero attached hydrogens (tertiary/aromatic N) is 2. The van der Waals surface area contributed by atoms with E-state index in [0.717, 1.165) is 59.4 Å². The Kier molecular flexibility index (Phi) is 9.54. The van der Waals surface area contributed by atoms with E-state index in [4.69, 9.17) is 0 Å². The number of benzene rings is 2. The lowest BCUT2D eigenvalue weighted by Crippen LogP contribution is -2.53. The number of nitrogens with one attached hydrogen (secondary N) is 1. The fraction of sp³-hybridized carbons (Fsp3) is 0.500. The van der Waals surface area contributed by atoms with Gasteiger partial charge in [0.1, 0.15) is 12.6 Å². The third-order valence-electron chi connectivity index (χ3n) is 6.83. The molecule has 0 bridgehead atoms. The predicted molar refractivity (Wildman–Crippen MR) is 144 cm³/mol. The van der Waals surface area contributed by atoms with E-state index in [1.807, 2.05) is 57.2 Å². The van der Waals surface area contributed by atoms with Gasteiger partial charge in [-0.3, -0.25) is 13.9 Å². The summed E-state index contributed by atoms with van der Waals surface area (Å²) in [6.45, 7) is 5.74. The average Bonchev–Trinajstić information content (AvgIpc) is 3.34. The summed E-state index contributed by atoms with van der Waals surface area (Å²) < 4.78 is 26.6. The molecule has 8 heteroatoms. The largest absolute Gasteiger partial charge is 0.352 e. The molecular formula is C28H39N3O4S. The van der Waals surface area contributed by atoms with Crippen molar-refractivity contribution < 1.29 is 18.0 Å². The van der Waals surface area contributed by atoms with Crippen LogP contribution in [0.4, 0.5) is 5.69 Å². The lowest BCUT2D eigenvalue weighted by atomic mass is 10.1. The summed E-state index contributed by atoms with van der Waals surface area (Å²) in [5.74, 6) is -0.585. The molecule has 2 aromatic carbocycles. The third kappa shape index (κ3) is 7.32. The Bertz CT molecular complexity index is 1140. The van der Waals surface area contributed by atoms with Crippen LogP contribution in [0.2, 0.25) is 0 Å². The lowest BCUT2D eigenvalue weighted by Gasteiger charge is -2.33. The lowest BCUT2D eigenvalue weighted by molar-refractivity contribution is -0.140. The molecule has 0 heterocycles. The standard InChI is InChI=1S/C28H39N3O4S/c1-5-22-14-16-25(17-15-22)31(36(4,34)35)20-27(32)30(19-23-11-9-10-21(3)18-23)26(6-2)28(33)29-24-12-7-8-13-24/h9-11,14-18,24,26H,5-8,12-13,19-20H2,1-4H3,(H,29,33)/t26-/m0/s1. The van der Waals surface area contributed by atoms with Crippen molar-refractivity contribution in [2.75, 3.05) is 17.1 Å². The highest BCUT2D eigenvalue weighted by molar-refractivity contribution is 7.92. The number of carbonyl (C=O) groups is 2. The van der Waals surface area contributed by atoms with Gasteiger partial charge in [0.2, 0.25) is 21.8 Å². The van der Waals surface area contributed by atoms with Crippen LogP contribution in [0, 0.1) is 6.92 Å². The maximum absolute atomic E-state index is 13.8. The Morgan fingerprint density at radius 3 is 2.25 bits per heavy atom. The van der Waals surface area contributed by atoms with E-state index in [0.29, 0.717) is 12.1 Å². The number of hydrogen-bond donors (Lipinski definition) is 1. The van der Waals surface area contributed by atoms with E-state index in [-0.39, 0.29) is 25.0 Å². The Morgan fingerprint density at radius 1 is 1.03 bits per heavy atom. The van der Waals surface area contributed by atoms with Crippen molar-refractivity contribution in [1.29, 1.82) is 0 Å². The van der Waals surface area contributed by atoms with Crippen molar-refractivity contribution >= 4 is 27.5 Å². The van der Waals surface area contributed by atoms with Gasteiger partial charge in [0.25, 0.3) is 0 Å². The number of anilines is 1. The molecule has 7 nitrogen and oxygen atoms in total. The first-order valence-corrected chi connectivity index (χ1v) is 14.7. The number of aryl methyl sites for hydroxylation is 2. The molecule has 1 atom stereocenters. The molecule has 3 rings (SSSR count). The molecule has 1 fully saturated rings. The van der Waals surface area contributed by atoms with Gasteiger partial charge < -0.3 is 10.2 Å². The first kappa shape index (κ1) is 27.7. The molecule has 0 aliphatic heterocycles. The number of carbonyl (C=O) groups excluding carboxylic acids is 2. The SMILES string of the molecule is CCc1ccc(N(CC(=O)N(Cc2cccc(C)c2)[C@@H](CC)C(=O)NC2CCCC2)S(C)(=O)=O)cc1. The fourth-order valence-electron chi connectivity index (χ4n) is 4.81. The summed E-state index contributed by atoms with van der Waals surface area (Å²) in [6.07, 6.45) is 6.44. The first-order valence-electron chi connectivity index (χ1n) is 12.8. The van der Waals surface area contributed by atoms with Crippen LogP contribution in [0.25, 0.3) is 0 Å². The van der Waals surface area contributed by atoms with Crippen molar-refractivity contribution in [2.45, 2.75) is 77.9 Å². The van der Waals surface area contributed by atoms with E-state index in [2.05, 4.69) is 5.32 Å². The summed E-state index contributed by atoms with van der Waals surface area (Å²) in [4.78, 5) is 28.6. The molecular weight excluding hydrogens is 474 g/mol. The second-order valence-electron chi connectivity index (χ2n) is 9.71. The van der Waals surface area contributed by atoms with E-state index < -0.39 is 22.0 Å². The molecule has 1 aliphatic carbocycles. The quantitative estimate of drug-likeness (QED) is 0.488. The summed E-state index contributed by atoms with van der Waals surface area (Å²) in [7, 11) is -3.73. The summed E-state index contributed by atoms with van der Waals surface area (Å²) in [6, 6.07) is 14.4. The third-order valence-corrected chi connectivity index (χ3v) is 7.98. The molecule has 0 spiro atoms. The van der Waals surface area contributed by atoms with Crippen LogP contribution in [-0.4, -0.2) is 50.0 Å². The smallest absolute Gasteiger partial charge is 0.244 e. The highest BCUT2D eigenvalue weighted by Crippen LogP contribution is 2.22. The fourth-order valence-corrected chi connectivity index (χ4v) is 5.66. The Labute approximate surface area is 215 Å². The van der Waals surface area contributed by atoms with Crippen molar-refractivity contribution in [3.05, 3.63) is 65.2 Å². The molecule has 1 saturated carbocycles. The zero-order valence-corrected chi connectivity index (χ0v) is 22.7. The monoisotopic (exact) mass is 513 g/mol. The minimum atomic E-state index is -3.73. The molecule has 0 saturated heterocycles. The van der Waals surface area contributed by atoms with Crippen LogP contribution < -0.4 is 9.62 Å². The number of sulfonamides is 1. The second-order valence-corrected chi connectivity index (χ2v) is 11.6. The molecule has 1 N–H and O–H groups in total. The van der Waals surface area contributed by atoms with Crippen molar-refractivity contribution in [1.82, 2.24) is 10.2 Å². The summed E-state index contributed by atoms with van der Waals surface area (Å²) >= 11 is 0. The van der Waals surface area contributed by atoms with Gasteiger partial charge in [-0.15, -0.1) is 0 Å².